The van der Waals surface area contributed by atoms with Gasteiger partial charge in [0.1, 0.15) is 11.6 Å². The van der Waals surface area contributed by atoms with Gasteiger partial charge in [-0.25, -0.2) is 0 Å². The fourth-order valence-electron chi connectivity index (χ4n) is 3.09. The molecule has 0 saturated heterocycles. The Labute approximate surface area is 175 Å². The lowest BCUT2D eigenvalue weighted by atomic mass is 9.99. The number of pyridine rings is 1. The SMILES string of the molecule is CCOCCCn1c(O)c(C(=O)C(C)Oc2ccccc2OC)c(C)c(C#N)c1=O. The van der Waals surface area contributed by atoms with E-state index in [9.17, 15) is 20.0 Å². The number of ether oxygens (including phenoxy) is 3. The molecule has 0 radical (unpaired) electrons. The van der Waals surface area contributed by atoms with Crippen LogP contribution in [0.4, 0.5) is 0 Å². The molecule has 0 bridgehead atoms. The van der Waals surface area contributed by atoms with E-state index in [4.69, 9.17) is 14.2 Å². The van der Waals surface area contributed by atoms with Gasteiger partial charge in [0.25, 0.3) is 5.56 Å². The van der Waals surface area contributed by atoms with Gasteiger partial charge in [0.15, 0.2) is 17.6 Å². The number of para-hydroxylation sites is 2. The minimum atomic E-state index is -0.994. The van der Waals surface area contributed by atoms with Gasteiger partial charge in [-0.1, -0.05) is 12.1 Å². The molecule has 30 heavy (non-hydrogen) atoms. The largest absolute Gasteiger partial charge is 0.494 e. The number of aromatic nitrogens is 1. The van der Waals surface area contributed by atoms with Crippen LogP contribution < -0.4 is 15.0 Å². The highest BCUT2D eigenvalue weighted by Crippen LogP contribution is 2.29. The highest BCUT2D eigenvalue weighted by molar-refractivity contribution is 6.03. The van der Waals surface area contributed by atoms with Crippen LogP contribution in [-0.2, 0) is 11.3 Å². The summed E-state index contributed by atoms with van der Waals surface area (Å²) in [6, 6.07) is 8.71. The van der Waals surface area contributed by atoms with E-state index in [0.717, 1.165) is 4.57 Å². The number of ketones is 1. The molecular weight excluding hydrogens is 388 g/mol. The van der Waals surface area contributed by atoms with E-state index in [1.165, 1.54) is 21.0 Å². The monoisotopic (exact) mass is 414 g/mol. The van der Waals surface area contributed by atoms with Crippen LogP contribution in [-0.4, -0.2) is 41.9 Å². The van der Waals surface area contributed by atoms with Gasteiger partial charge in [0, 0.05) is 19.8 Å². The molecular formula is C22H26N2O6. The molecule has 1 unspecified atom stereocenters. The zero-order chi connectivity index (χ0) is 22.3. The Balaban J connectivity index is 2.42. The van der Waals surface area contributed by atoms with Crippen LogP contribution in [0, 0.1) is 18.3 Å². The van der Waals surface area contributed by atoms with Gasteiger partial charge in [0.05, 0.1) is 12.7 Å². The third kappa shape index (κ3) is 4.81. The van der Waals surface area contributed by atoms with Crippen LogP contribution in [0.3, 0.4) is 0 Å². The lowest BCUT2D eigenvalue weighted by Gasteiger charge is -2.19. The second kappa shape index (κ2) is 10.5. The molecule has 0 aliphatic rings. The first-order valence-corrected chi connectivity index (χ1v) is 9.65. The molecule has 1 aromatic heterocycles. The van der Waals surface area contributed by atoms with Crippen molar-refractivity contribution in [3.05, 3.63) is 51.3 Å². The third-order valence-electron chi connectivity index (χ3n) is 4.66. The Morgan fingerprint density at radius 2 is 1.97 bits per heavy atom. The van der Waals surface area contributed by atoms with Gasteiger partial charge in [0.2, 0.25) is 11.7 Å². The topological polar surface area (TPSA) is 111 Å². The van der Waals surface area contributed by atoms with E-state index >= 15 is 0 Å². The number of methoxy groups -OCH3 is 1. The zero-order valence-corrected chi connectivity index (χ0v) is 17.6. The number of carbonyl (C=O) groups excluding carboxylic acids is 1. The van der Waals surface area contributed by atoms with Gasteiger partial charge >= 0.3 is 0 Å². The van der Waals surface area contributed by atoms with Gasteiger partial charge in [-0.15, -0.1) is 0 Å². The van der Waals surface area contributed by atoms with Crippen LogP contribution in [0.25, 0.3) is 0 Å². The number of rotatable bonds is 10. The van der Waals surface area contributed by atoms with E-state index < -0.39 is 23.3 Å². The predicted octanol–water partition coefficient (Wildman–Crippen LogP) is 2.82. The molecule has 1 aromatic carbocycles. The predicted molar refractivity (Wildman–Crippen MR) is 110 cm³/mol. The molecule has 0 amide bonds. The third-order valence-corrected chi connectivity index (χ3v) is 4.66. The number of Topliss-reactive ketones (excluding diaryl/α,β-unsaturated/α-hetero) is 1. The first kappa shape index (κ1) is 23.0. The van der Waals surface area contributed by atoms with Crippen molar-refractivity contribution in [1.29, 1.82) is 5.26 Å². The Bertz CT molecular complexity index is 1010. The van der Waals surface area contributed by atoms with E-state index in [1.54, 1.807) is 24.3 Å². The van der Waals surface area contributed by atoms with Crippen LogP contribution in [0.1, 0.15) is 41.8 Å². The molecule has 0 aliphatic heterocycles. The van der Waals surface area contributed by atoms with Crippen LogP contribution in [0.15, 0.2) is 29.1 Å². The number of carbonyl (C=O) groups is 1. The van der Waals surface area contributed by atoms with Crippen molar-refractivity contribution in [2.75, 3.05) is 20.3 Å². The number of hydrogen-bond donors (Lipinski definition) is 1. The van der Waals surface area contributed by atoms with E-state index in [2.05, 4.69) is 0 Å². The van der Waals surface area contributed by atoms with Crippen molar-refractivity contribution >= 4 is 5.78 Å². The first-order chi connectivity index (χ1) is 14.4. The fourth-order valence-corrected chi connectivity index (χ4v) is 3.09. The van der Waals surface area contributed by atoms with Crippen molar-refractivity contribution in [1.82, 2.24) is 4.57 Å². The summed E-state index contributed by atoms with van der Waals surface area (Å²) in [5.74, 6) is -0.209. The number of nitriles is 1. The smallest absolute Gasteiger partial charge is 0.271 e. The zero-order valence-electron chi connectivity index (χ0n) is 17.6. The average molecular weight is 414 g/mol. The molecule has 1 N–H and O–H groups in total. The molecule has 0 fully saturated rings. The Kier molecular flexibility index (Phi) is 8.01. The summed E-state index contributed by atoms with van der Waals surface area (Å²) in [6.07, 6.45) is -0.553. The Morgan fingerprint density at radius 1 is 1.30 bits per heavy atom. The van der Waals surface area contributed by atoms with Crippen LogP contribution >= 0.6 is 0 Å². The van der Waals surface area contributed by atoms with Crippen LogP contribution in [0.2, 0.25) is 0 Å². The quantitative estimate of drug-likeness (QED) is 0.470. The van der Waals surface area contributed by atoms with Gasteiger partial charge in [-0.05, 0) is 44.9 Å². The van der Waals surface area contributed by atoms with Crippen molar-refractivity contribution in [3.63, 3.8) is 0 Å². The minimum absolute atomic E-state index is 0.107. The van der Waals surface area contributed by atoms with E-state index in [0.29, 0.717) is 31.1 Å². The van der Waals surface area contributed by atoms with Crippen LogP contribution in [0.5, 0.6) is 17.4 Å². The standard InChI is InChI=1S/C22H26N2O6/c1-5-29-12-8-11-24-21(26)16(13-23)14(2)19(22(24)27)20(25)15(3)30-18-10-7-6-9-17(18)28-4/h6-7,9-10,15,27H,5,8,11-12H2,1-4H3. The van der Waals surface area contributed by atoms with Gasteiger partial charge < -0.3 is 19.3 Å². The summed E-state index contributed by atoms with van der Waals surface area (Å²) >= 11 is 0. The molecule has 160 valence electrons. The molecule has 8 nitrogen and oxygen atoms in total. The maximum Gasteiger partial charge on any atom is 0.271 e. The molecule has 0 spiro atoms. The number of benzene rings is 1. The number of aromatic hydroxyl groups is 1. The van der Waals surface area contributed by atoms with Crippen molar-refractivity contribution < 1.29 is 24.1 Å². The normalized spacial score (nSPS) is 11.6. The highest BCUT2D eigenvalue weighted by atomic mass is 16.5. The maximum absolute atomic E-state index is 13.1. The van der Waals surface area contributed by atoms with E-state index in [1.807, 2.05) is 13.0 Å². The molecule has 0 saturated carbocycles. The molecule has 2 aromatic rings. The summed E-state index contributed by atoms with van der Waals surface area (Å²) in [6.45, 7) is 5.87. The van der Waals surface area contributed by atoms with Crippen molar-refractivity contribution in [3.8, 4) is 23.4 Å². The second-order valence-electron chi connectivity index (χ2n) is 6.59. The summed E-state index contributed by atoms with van der Waals surface area (Å²) in [5, 5.41) is 20.2. The van der Waals surface area contributed by atoms with E-state index in [-0.39, 0.29) is 23.2 Å². The fraction of sp³-hybridized carbons (Fsp3) is 0.409. The maximum atomic E-state index is 13.1. The van der Waals surface area contributed by atoms with Crippen molar-refractivity contribution in [2.45, 2.75) is 39.8 Å². The van der Waals surface area contributed by atoms with Gasteiger partial charge in [-0.2, -0.15) is 5.26 Å². The summed E-state index contributed by atoms with van der Waals surface area (Å²) in [4.78, 5) is 25.7. The summed E-state index contributed by atoms with van der Waals surface area (Å²) < 4.78 is 17.3. The highest BCUT2D eigenvalue weighted by Gasteiger charge is 2.28. The number of nitrogens with zero attached hydrogens (tertiary/aromatic N) is 2. The van der Waals surface area contributed by atoms with Crippen molar-refractivity contribution in [2.24, 2.45) is 0 Å². The molecule has 8 heteroatoms. The van der Waals surface area contributed by atoms with Gasteiger partial charge in [-0.3, -0.25) is 14.2 Å². The lowest BCUT2D eigenvalue weighted by molar-refractivity contribution is 0.0808. The molecule has 1 heterocycles. The number of hydrogen-bond acceptors (Lipinski definition) is 7. The second-order valence-corrected chi connectivity index (χ2v) is 6.59. The molecule has 1 atom stereocenters. The first-order valence-electron chi connectivity index (χ1n) is 9.65. The Hall–Kier alpha value is -3.31. The summed E-state index contributed by atoms with van der Waals surface area (Å²) in [7, 11) is 1.49. The average Bonchev–Trinajstić information content (AvgIpc) is 2.73. The lowest BCUT2D eigenvalue weighted by Crippen LogP contribution is -2.31. The summed E-state index contributed by atoms with van der Waals surface area (Å²) in [5.41, 5.74) is -0.803. The molecule has 0 aliphatic carbocycles. The molecule has 2 rings (SSSR count). The Morgan fingerprint density at radius 3 is 2.57 bits per heavy atom. The minimum Gasteiger partial charge on any atom is -0.494 e.